The van der Waals surface area contributed by atoms with Crippen molar-refractivity contribution in [1.82, 2.24) is 4.90 Å². The molecule has 0 heterocycles. The number of fused-ring (bicyclic) bond motifs is 3. The number of Topliss-reactive ketones (excluding diaryl/α,β-unsaturated/α-hetero) is 2. The number of carbonyl (C=O) groups is 4. The highest BCUT2D eigenvalue weighted by atomic mass is 16.5. The maximum Gasteiger partial charge on any atom is 0.328 e. The number of anilines is 1. The Hall–Kier alpha value is -3.98. The zero-order chi connectivity index (χ0) is 31.4. The number of aliphatic hydroxyl groups excluding tert-OH is 3. The van der Waals surface area contributed by atoms with Gasteiger partial charge in [-0.2, -0.15) is 0 Å². The minimum atomic E-state index is -3.05. The Balaban J connectivity index is 1.92. The third kappa shape index (κ3) is 4.33. The highest BCUT2D eigenvalue weighted by Crippen LogP contribution is 2.55. The maximum absolute atomic E-state index is 14.0. The lowest BCUT2D eigenvalue weighted by atomic mass is 9.55. The van der Waals surface area contributed by atoms with E-state index in [1.807, 2.05) is 6.92 Å². The van der Waals surface area contributed by atoms with Gasteiger partial charge in [0.05, 0.1) is 35.9 Å². The molecule has 14 heteroatoms. The van der Waals surface area contributed by atoms with Gasteiger partial charge in [-0.25, -0.2) is 4.79 Å². The monoisotopic (exact) mass is 588 g/mol. The second-order valence-electron chi connectivity index (χ2n) is 10.9. The first-order valence-corrected chi connectivity index (χ1v) is 13.5. The number of nitrogens with two attached hydrogens (primary N) is 2. The second-order valence-corrected chi connectivity index (χ2v) is 10.9. The molecule has 3 aliphatic rings. The van der Waals surface area contributed by atoms with Crippen molar-refractivity contribution in [2.75, 3.05) is 26.0 Å². The van der Waals surface area contributed by atoms with Crippen LogP contribution in [0.5, 0.6) is 5.75 Å². The lowest BCUT2D eigenvalue weighted by Gasteiger charge is -2.53. The molecule has 0 radical (unpaired) electrons. The van der Waals surface area contributed by atoms with Crippen molar-refractivity contribution in [2.24, 2.45) is 23.3 Å². The number of esters is 1. The fourth-order valence-electron chi connectivity index (χ4n) is 6.45. The molecule has 0 aliphatic heterocycles. The molecule has 0 spiro atoms. The third-order valence-corrected chi connectivity index (χ3v) is 8.32. The molecule has 1 aromatic carbocycles. The molecule has 0 aromatic heterocycles. The maximum atomic E-state index is 14.0. The molecule has 7 atom stereocenters. The molecule has 1 aromatic rings. The number of rotatable bonds is 8. The topological polar surface area (TPSA) is 246 Å². The zero-order valence-electron chi connectivity index (χ0n) is 23.6. The third-order valence-electron chi connectivity index (χ3n) is 8.32. The van der Waals surface area contributed by atoms with Gasteiger partial charge in [0.2, 0.25) is 5.78 Å². The molecule has 0 saturated heterocycles. The van der Waals surface area contributed by atoms with Crippen LogP contribution in [0.15, 0.2) is 29.0 Å². The number of nitrogens with zero attached hydrogens (tertiary/aromatic N) is 1. The minimum absolute atomic E-state index is 0.00754. The Morgan fingerprint density at radius 3 is 2.36 bits per heavy atom. The van der Waals surface area contributed by atoms with Gasteiger partial charge in [0.15, 0.2) is 11.4 Å². The number of ether oxygens (including phenoxy) is 1. The lowest BCUT2D eigenvalue weighted by Crippen LogP contribution is -2.70. The van der Waals surface area contributed by atoms with E-state index < -0.39 is 93.5 Å². The first-order valence-electron chi connectivity index (χ1n) is 13.5. The number of aliphatic hydroxyl groups is 4. The minimum Gasteiger partial charge on any atom is -0.508 e. The summed E-state index contributed by atoms with van der Waals surface area (Å²) in [4.78, 5) is 53.1. The number of benzene rings is 1. The van der Waals surface area contributed by atoms with E-state index in [1.54, 1.807) is 6.92 Å². The number of phenolic OH excluding ortho intramolecular Hbond substituents is 1. The second kappa shape index (κ2) is 11.0. The summed E-state index contributed by atoms with van der Waals surface area (Å²) in [5, 5.41) is 59.8. The number of amides is 1. The number of hydrogen-bond acceptors (Lipinski definition) is 13. The fraction of sp³-hybridized carbons (Fsp3) is 0.500. The number of aromatic hydroxyl groups is 1. The predicted octanol–water partition coefficient (Wildman–Crippen LogP) is -0.464. The summed E-state index contributed by atoms with van der Waals surface area (Å²) in [6.07, 6.45) is -0.863. The van der Waals surface area contributed by atoms with Gasteiger partial charge in [-0.05, 0) is 39.1 Å². The fourth-order valence-corrected chi connectivity index (χ4v) is 6.45. The predicted molar refractivity (Wildman–Crippen MR) is 148 cm³/mol. The number of carbonyl (C=O) groups excluding carboxylic acids is 4. The van der Waals surface area contributed by atoms with E-state index in [0.29, 0.717) is 12.8 Å². The van der Waals surface area contributed by atoms with Gasteiger partial charge >= 0.3 is 5.97 Å². The molecule has 1 saturated carbocycles. The van der Waals surface area contributed by atoms with E-state index in [9.17, 15) is 44.7 Å². The number of phenols is 1. The largest absolute Gasteiger partial charge is 0.508 e. The Bertz CT molecular complexity index is 1420. The summed E-state index contributed by atoms with van der Waals surface area (Å²) in [7, 11) is 2.82. The van der Waals surface area contributed by atoms with E-state index >= 15 is 0 Å². The normalized spacial score (nSPS) is 29.6. The van der Waals surface area contributed by atoms with Crippen LogP contribution in [0.25, 0.3) is 5.76 Å². The lowest BCUT2D eigenvalue weighted by molar-refractivity contribution is -0.169. The standard InChI is InChI=1S/C28H36N4O10/c1-5-7-12(27(40)42-6-2)31-11-9-8-10-13(20(11)33)21(34)15-14(18(10)29)22(35)17-19(32(3)4)23(36)16(26(30)39)25(38)28(17,41)24(15)37/h8-9,12,14,17-19,22,31,33-35,38,41H,5-7,29H2,1-4H3,(H2,30,39)/t12?,14-,17+,18-,19-,22-,28-/m0/s1. The van der Waals surface area contributed by atoms with Crippen molar-refractivity contribution in [2.45, 2.75) is 56.5 Å². The molecule has 1 fully saturated rings. The SMILES string of the molecule is CCCC(Nc1ccc2c(c1O)C(O)=C1C(=O)[C@]3(O)C(O)=C(C(N)=O)C(=O)[C@@H](N(C)C)[C@@H]3[C@@H](O)[C@@H]1[C@H]2N)C(=O)OCC. The first kappa shape index (κ1) is 31.0. The summed E-state index contributed by atoms with van der Waals surface area (Å²) < 4.78 is 5.10. The molecule has 42 heavy (non-hydrogen) atoms. The number of likely N-dealkylation sites (N-methyl/N-ethyl adjacent to an activating group) is 1. The molecule has 3 aliphatic carbocycles. The smallest absolute Gasteiger partial charge is 0.328 e. The average Bonchev–Trinajstić information content (AvgIpc) is 2.91. The molecular weight excluding hydrogens is 552 g/mol. The van der Waals surface area contributed by atoms with Crippen LogP contribution >= 0.6 is 0 Å². The van der Waals surface area contributed by atoms with Crippen molar-refractivity contribution in [3.05, 3.63) is 40.2 Å². The van der Waals surface area contributed by atoms with Crippen molar-refractivity contribution in [1.29, 1.82) is 0 Å². The van der Waals surface area contributed by atoms with E-state index in [2.05, 4.69) is 5.32 Å². The van der Waals surface area contributed by atoms with Crippen molar-refractivity contribution >= 4 is 34.9 Å². The van der Waals surface area contributed by atoms with Crippen molar-refractivity contribution < 1.29 is 49.4 Å². The van der Waals surface area contributed by atoms with E-state index in [4.69, 9.17) is 16.2 Å². The van der Waals surface area contributed by atoms with Gasteiger partial charge in [-0.15, -0.1) is 0 Å². The van der Waals surface area contributed by atoms with E-state index in [0.717, 1.165) is 0 Å². The van der Waals surface area contributed by atoms with Gasteiger partial charge in [-0.1, -0.05) is 19.4 Å². The summed E-state index contributed by atoms with van der Waals surface area (Å²) in [5.41, 5.74) is 6.99. The van der Waals surface area contributed by atoms with Crippen LogP contribution < -0.4 is 16.8 Å². The number of nitrogens with one attached hydrogen (secondary N) is 1. The molecule has 10 N–H and O–H groups in total. The van der Waals surface area contributed by atoms with Crippen LogP contribution in [0.4, 0.5) is 5.69 Å². The van der Waals surface area contributed by atoms with Gasteiger partial charge in [0.1, 0.15) is 28.9 Å². The summed E-state index contributed by atoms with van der Waals surface area (Å²) in [6, 6.07) is -0.716. The van der Waals surface area contributed by atoms with Gasteiger partial charge < -0.3 is 47.1 Å². The van der Waals surface area contributed by atoms with Crippen LogP contribution in [-0.4, -0.2) is 98.4 Å². The van der Waals surface area contributed by atoms with Crippen LogP contribution in [0.1, 0.15) is 43.9 Å². The molecule has 4 rings (SSSR count). The molecule has 1 amide bonds. The van der Waals surface area contributed by atoms with E-state index in [1.165, 1.54) is 31.1 Å². The van der Waals surface area contributed by atoms with Crippen LogP contribution in [0.3, 0.4) is 0 Å². The summed E-state index contributed by atoms with van der Waals surface area (Å²) in [6.45, 7) is 3.63. The van der Waals surface area contributed by atoms with Crippen LogP contribution in [0.2, 0.25) is 0 Å². The molecule has 1 unspecified atom stereocenters. The van der Waals surface area contributed by atoms with Crippen molar-refractivity contribution in [3.63, 3.8) is 0 Å². The number of ketones is 2. The van der Waals surface area contributed by atoms with Gasteiger partial charge in [-0.3, -0.25) is 19.3 Å². The Morgan fingerprint density at radius 2 is 1.81 bits per heavy atom. The first-order chi connectivity index (χ1) is 19.7. The summed E-state index contributed by atoms with van der Waals surface area (Å²) in [5.74, 6) is -10.2. The average molecular weight is 589 g/mol. The highest BCUT2D eigenvalue weighted by Gasteiger charge is 2.68. The molecule has 0 bridgehead atoms. The Morgan fingerprint density at radius 1 is 1.17 bits per heavy atom. The Kier molecular flexibility index (Phi) is 8.12. The molecule has 228 valence electrons. The van der Waals surface area contributed by atoms with E-state index in [-0.39, 0.29) is 23.4 Å². The zero-order valence-corrected chi connectivity index (χ0v) is 23.6. The Labute approximate surface area is 241 Å². The van der Waals surface area contributed by atoms with Crippen molar-refractivity contribution in [3.8, 4) is 5.75 Å². The van der Waals surface area contributed by atoms with Crippen LogP contribution in [-0.2, 0) is 23.9 Å². The van der Waals surface area contributed by atoms with Gasteiger partial charge in [0.25, 0.3) is 5.91 Å². The van der Waals surface area contributed by atoms with Crippen LogP contribution in [0, 0.1) is 11.8 Å². The molecule has 14 nitrogen and oxygen atoms in total. The quantitative estimate of drug-likeness (QED) is 0.109. The highest BCUT2D eigenvalue weighted by molar-refractivity contribution is 6.24. The van der Waals surface area contributed by atoms with Gasteiger partial charge in [0, 0.05) is 17.5 Å². The number of hydrogen-bond donors (Lipinski definition) is 8. The molecular formula is C28H36N4O10. The summed E-state index contributed by atoms with van der Waals surface area (Å²) >= 11 is 0. The number of primary amides is 1.